The average Bonchev–Trinajstić information content (AvgIpc) is 3.22. The molecule has 4 rings (SSSR count). The monoisotopic (exact) mass is 412 g/mol. The van der Waals surface area contributed by atoms with Crippen LogP contribution in [0, 0.1) is 27.7 Å². The SMILES string of the molecule is Cc1ccc(-n2nnnc2S[C@@H](C)c2nc3sc(C)c(C)c3c(=O)[nH]2)cc1C. The van der Waals surface area contributed by atoms with Gasteiger partial charge in [0.15, 0.2) is 0 Å². The number of nitrogens with one attached hydrogen (secondary N) is 1. The molecule has 0 saturated carbocycles. The predicted octanol–water partition coefficient (Wildman–Crippen LogP) is 4.05. The number of tetrazole rings is 1. The van der Waals surface area contributed by atoms with Crippen molar-refractivity contribution in [1.82, 2.24) is 30.2 Å². The molecule has 0 radical (unpaired) electrons. The number of H-pyrrole nitrogens is 1. The third-order valence-corrected chi connectivity index (χ3v) is 7.04. The third-order valence-electron chi connectivity index (χ3n) is 4.90. The minimum absolute atomic E-state index is 0.0944. The van der Waals surface area contributed by atoms with Gasteiger partial charge in [-0.2, -0.15) is 4.68 Å². The number of aryl methyl sites for hydroxylation is 4. The van der Waals surface area contributed by atoms with Crippen molar-refractivity contribution >= 4 is 33.3 Å². The number of benzene rings is 1. The first-order chi connectivity index (χ1) is 13.3. The maximum Gasteiger partial charge on any atom is 0.259 e. The van der Waals surface area contributed by atoms with Gasteiger partial charge in [-0.25, -0.2) is 4.98 Å². The van der Waals surface area contributed by atoms with Crippen LogP contribution in [0.2, 0.25) is 0 Å². The van der Waals surface area contributed by atoms with Gasteiger partial charge in [0.25, 0.3) is 5.56 Å². The molecule has 3 heterocycles. The molecule has 9 heteroatoms. The molecule has 0 unspecified atom stereocenters. The molecule has 7 nitrogen and oxygen atoms in total. The maximum absolute atomic E-state index is 12.6. The standard InChI is InChI=1S/C19H20N6OS2/c1-9-6-7-14(8-10(9)2)25-19(22-23-24-25)28-13(5)16-20-17(26)15-11(3)12(4)27-18(15)21-16/h6-8,13H,1-5H3,(H,20,21,26)/t13-/m0/s1. The fraction of sp³-hybridized carbons (Fsp3) is 0.316. The molecule has 0 saturated heterocycles. The van der Waals surface area contributed by atoms with Crippen LogP contribution in [0.3, 0.4) is 0 Å². The molecule has 1 N–H and O–H groups in total. The van der Waals surface area contributed by atoms with Gasteiger partial charge in [0.1, 0.15) is 10.7 Å². The van der Waals surface area contributed by atoms with Crippen LogP contribution < -0.4 is 5.56 Å². The molecule has 1 atom stereocenters. The number of thiophene rings is 1. The van der Waals surface area contributed by atoms with E-state index < -0.39 is 0 Å². The highest BCUT2D eigenvalue weighted by atomic mass is 32.2. The first-order valence-corrected chi connectivity index (χ1v) is 10.6. The highest BCUT2D eigenvalue weighted by molar-refractivity contribution is 7.99. The van der Waals surface area contributed by atoms with Crippen molar-refractivity contribution in [1.29, 1.82) is 0 Å². The second kappa shape index (κ2) is 7.14. The van der Waals surface area contributed by atoms with Gasteiger partial charge in [0.2, 0.25) is 5.16 Å². The van der Waals surface area contributed by atoms with Crippen LogP contribution in [0.15, 0.2) is 28.2 Å². The van der Waals surface area contributed by atoms with Crippen molar-refractivity contribution in [2.24, 2.45) is 0 Å². The summed E-state index contributed by atoms with van der Waals surface area (Å²) in [4.78, 5) is 22.1. The van der Waals surface area contributed by atoms with E-state index in [0.29, 0.717) is 16.4 Å². The highest BCUT2D eigenvalue weighted by Crippen LogP contribution is 2.34. The predicted molar refractivity (Wildman–Crippen MR) is 113 cm³/mol. The number of hydrogen-bond acceptors (Lipinski definition) is 7. The Morgan fingerprint density at radius 3 is 2.71 bits per heavy atom. The van der Waals surface area contributed by atoms with Crippen molar-refractivity contribution < 1.29 is 0 Å². The van der Waals surface area contributed by atoms with Gasteiger partial charge >= 0.3 is 0 Å². The summed E-state index contributed by atoms with van der Waals surface area (Å²) >= 11 is 3.01. The van der Waals surface area contributed by atoms with E-state index in [1.54, 1.807) is 16.0 Å². The van der Waals surface area contributed by atoms with Crippen LogP contribution in [0.1, 0.15) is 39.6 Å². The Kier molecular flexibility index (Phi) is 4.80. The lowest BCUT2D eigenvalue weighted by molar-refractivity contribution is 0.753. The third kappa shape index (κ3) is 3.24. The van der Waals surface area contributed by atoms with Crippen LogP contribution in [-0.2, 0) is 0 Å². The molecule has 4 aromatic rings. The molecule has 144 valence electrons. The normalized spacial score (nSPS) is 12.6. The van der Waals surface area contributed by atoms with E-state index >= 15 is 0 Å². The van der Waals surface area contributed by atoms with Gasteiger partial charge < -0.3 is 4.98 Å². The van der Waals surface area contributed by atoms with E-state index in [4.69, 9.17) is 4.98 Å². The quantitative estimate of drug-likeness (QED) is 0.509. The first-order valence-electron chi connectivity index (χ1n) is 8.87. The van der Waals surface area contributed by atoms with E-state index in [9.17, 15) is 4.79 Å². The Hall–Kier alpha value is -2.52. The lowest BCUT2D eigenvalue weighted by Crippen LogP contribution is -2.12. The largest absolute Gasteiger partial charge is 0.309 e. The smallest absolute Gasteiger partial charge is 0.259 e. The van der Waals surface area contributed by atoms with Crippen molar-refractivity contribution in [3.05, 3.63) is 55.9 Å². The Bertz CT molecular complexity index is 1240. The number of aromatic amines is 1. The van der Waals surface area contributed by atoms with Crippen molar-refractivity contribution in [2.75, 3.05) is 0 Å². The molecule has 0 spiro atoms. The summed E-state index contributed by atoms with van der Waals surface area (Å²) in [5, 5.41) is 13.3. The van der Waals surface area contributed by atoms with Crippen molar-refractivity contribution in [2.45, 2.75) is 45.0 Å². The van der Waals surface area contributed by atoms with E-state index in [2.05, 4.69) is 46.5 Å². The van der Waals surface area contributed by atoms with Gasteiger partial charge in [-0.05, 0) is 73.9 Å². The van der Waals surface area contributed by atoms with Gasteiger partial charge in [0, 0.05) is 4.88 Å². The number of thioether (sulfide) groups is 1. The van der Waals surface area contributed by atoms with Crippen LogP contribution in [0.4, 0.5) is 0 Å². The van der Waals surface area contributed by atoms with E-state index in [1.807, 2.05) is 26.8 Å². The molecule has 0 aliphatic carbocycles. The van der Waals surface area contributed by atoms with Gasteiger partial charge in [-0.1, -0.05) is 17.8 Å². The van der Waals surface area contributed by atoms with Gasteiger partial charge in [-0.3, -0.25) is 4.79 Å². The van der Waals surface area contributed by atoms with Crippen LogP contribution >= 0.6 is 23.1 Å². The molecule has 0 aliphatic rings. The zero-order chi connectivity index (χ0) is 20.0. The number of rotatable bonds is 4. The van der Waals surface area contributed by atoms with E-state index in [-0.39, 0.29) is 10.8 Å². The highest BCUT2D eigenvalue weighted by Gasteiger charge is 2.19. The van der Waals surface area contributed by atoms with Crippen LogP contribution in [-0.4, -0.2) is 30.2 Å². The minimum atomic E-state index is -0.115. The van der Waals surface area contributed by atoms with Gasteiger partial charge in [0.05, 0.1) is 16.3 Å². The molecule has 0 fully saturated rings. The maximum atomic E-state index is 12.6. The fourth-order valence-electron chi connectivity index (χ4n) is 2.95. The van der Waals surface area contributed by atoms with Crippen molar-refractivity contribution in [3.8, 4) is 5.69 Å². The molecule has 3 aromatic heterocycles. The lowest BCUT2D eigenvalue weighted by atomic mass is 10.1. The zero-order valence-corrected chi connectivity index (χ0v) is 17.9. The summed E-state index contributed by atoms with van der Waals surface area (Å²) in [6.07, 6.45) is 0. The summed E-state index contributed by atoms with van der Waals surface area (Å²) in [5.74, 6) is 0.624. The number of fused-ring (bicyclic) bond motifs is 1. The Morgan fingerprint density at radius 1 is 1.18 bits per heavy atom. The molecule has 0 amide bonds. The first kappa shape index (κ1) is 18.8. The number of aromatic nitrogens is 6. The topological polar surface area (TPSA) is 89.3 Å². The Morgan fingerprint density at radius 2 is 1.96 bits per heavy atom. The zero-order valence-electron chi connectivity index (χ0n) is 16.3. The lowest BCUT2D eigenvalue weighted by Gasteiger charge is -2.11. The molecule has 0 bridgehead atoms. The number of hydrogen-bond donors (Lipinski definition) is 1. The molecular weight excluding hydrogens is 392 g/mol. The van der Waals surface area contributed by atoms with Crippen molar-refractivity contribution in [3.63, 3.8) is 0 Å². The molecule has 0 aliphatic heterocycles. The second-order valence-corrected chi connectivity index (χ2v) is 9.33. The Labute approximate surface area is 170 Å². The molecule has 28 heavy (non-hydrogen) atoms. The summed E-state index contributed by atoms with van der Waals surface area (Å²) < 4.78 is 1.71. The summed E-state index contributed by atoms with van der Waals surface area (Å²) in [6, 6.07) is 6.11. The Balaban J connectivity index is 1.67. The number of nitrogens with zero attached hydrogens (tertiary/aromatic N) is 5. The fourth-order valence-corrected chi connectivity index (χ4v) is 4.85. The molecule has 1 aromatic carbocycles. The van der Waals surface area contributed by atoms with E-state index in [0.717, 1.165) is 21.0 Å². The van der Waals surface area contributed by atoms with Crippen LogP contribution in [0.25, 0.3) is 15.9 Å². The average molecular weight is 413 g/mol. The van der Waals surface area contributed by atoms with Gasteiger partial charge in [-0.15, -0.1) is 16.4 Å². The summed E-state index contributed by atoms with van der Waals surface area (Å²) in [7, 11) is 0. The minimum Gasteiger partial charge on any atom is -0.309 e. The van der Waals surface area contributed by atoms with E-state index in [1.165, 1.54) is 22.9 Å². The summed E-state index contributed by atoms with van der Waals surface area (Å²) in [6.45, 7) is 10.1. The molecular formula is C19H20N6OS2. The second-order valence-electron chi connectivity index (χ2n) is 6.82. The van der Waals surface area contributed by atoms with Crippen LogP contribution in [0.5, 0.6) is 0 Å². The summed E-state index contributed by atoms with van der Waals surface area (Å²) in [5.41, 5.74) is 4.21.